The van der Waals surface area contributed by atoms with E-state index in [0.717, 1.165) is 35.4 Å². The molecule has 2 aliphatic rings. The Morgan fingerprint density at radius 1 is 1.31 bits per heavy atom. The minimum Gasteiger partial charge on any atom is -0.393 e. The number of nitrogens with one attached hydrogen (secondary N) is 1. The van der Waals surface area contributed by atoms with E-state index in [4.69, 9.17) is 16.4 Å². The zero-order chi connectivity index (χ0) is 30.0. The molecule has 0 saturated heterocycles. The highest BCUT2D eigenvalue weighted by atomic mass is 32.2. The molecule has 4 N–H and O–H groups in total. The van der Waals surface area contributed by atoms with E-state index in [1.54, 1.807) is 6.07 Å². The number of anilines is 1. The average molecular weight is 613 g/mol. The molecule has 0 spiro atoms. The summed E-state index contributed by atoms with van der Waals surface area (Å²) in [5.74, 6) is -0.518. The number of aliphatic hydroxyl groups excluding tert-OH is 1. The molecule has 222 valence electrons. The van der Waals surface area contributed by atoms with Crippen LogP contribution in [-0.4, -0.2) is 73.6 Å². The van der Waals surface area contributed by atoms with Crippen molar-refractivity contribution in [2.45, 2.75) is 44.1 Å². The third-order valence-corrected chi connectivity index (χ3v) is 8.91. The molecule has 12 nitrogen and oxygen atoms in total. The SMILES string of the molecule is [C-]#[N+]c1sc(C(=O)c2cncnc2N[C@@H]2C[C@H](COS(N)(=O)=O)[C@@H](O)C2)cc1C1OCCc2ccc(CN(C)C)cc21. The summed E-state index contributed by atoms with van der Waals surface area (Å²) >= 11 is 1.11. The summed E-state index contributed by atoms with van der Waals surface area (Å²) in [5.41, 5.74) is 4.19. The quantitative estimate of drug-likeness (QED) is 0.229. The number of nitrogens with two attached hydrogens (primary N) is 1. The van der Waals surface area contributed by atoms with Crippen molar-refractivity contribution in [3.8, 4) is 0 Å². The topological polar surface area (TPSA) is 161 Å². The summed E-state index contributed by atoms with van der Waals surface area (Å²) in [7, 11) is -0.108. The van der Waals surface area contributed by atoms with Crippen LogP contribution in [0.1, 0.15) is 56.4 Å². The number of hydrogen-bond donors (Lipinski definition) is 3. The third-order valence-electron chi connectivity index (χ3n) is 7.40. The molecule has 1 aromatic carbocycles. The van der Waals surface area contributed by atoms with Crippen LogP contribution in [-0.2, 0) is 32.2 Å². The molecule has 42 heavy (non-hydrogen) atoms. The van der Waals surface area contributed by atoms with E-state index in [1.165, 1.54) is 18.1 Å². The number of hydrogen-bond acceptors (Lipinski definition) is 11. The first kappa shape index (κ1) is 30.2. The lowest BCUT2D eigenvalue weighted by Crippen LogP contribution is -2.24. The second kappa shape index (κ2) is 12.5. The Kier molecular flexibility index (Phi) is 9.00. The van der Waals surface area contributed by atoms with Gasteiger partial charge in [-0.2, -0.15) is 8.42 Å². The first-order chi connectivity index (χ1) is 20.0. The molecule has 3 aromatic rings. The zero-order valence-electron chi connectivity index (χ0n) is 23.2. The van der Waals surface area contributed by atoms with Gasteiger partial charge in [0.25, 0.3) is 0 Å². The predicted octanol–water partition coefficient (Wildman–Crippen LogP) is 2.82. The Balaban J connectivity index is 1.38. The summed E-state index contributed by atoms with van der Waals surface area (Å²) in [6.07, 6.45) is 2.92. The van der Waals surface area contributed by atoms with E-state index in [9.17, 15) is 18.3 Å². The van der Waals surface area contributed by atoms with Gasteiger partial charge in [0, 0.05) is 30.3 Å². The molecule has 0 radical (unpaired) electrons. The van der Waals surface area contributed by atoms with Gasteiger partial charge in [-0.1, -0.05) is 18.2 Å². The molecule has 1 fully saturated rings. The Hall–Kier alpha value is -3.29. The number of aromatic nitrogens is 2. The van der Waals surface area contributed by atoms with Gasteiger partial charge in [0.2, 0.25) is 10.8 Å². The largest absolute Gasteiger partial charge is 0.393 e. The van der Waals surface area contributed by atoms with Crippen molar-refractivity contribution < 1.29 is 27.2 Å². The molecule has 4 atom stereocenters. The van der Waals surface area contributed by atoms with Gasteiger partial charge in [-0.05, 0) is 56.1 Å². The molecule has 1 aliphatic carbocycles. The van der Waals surface area contributed by atoms with E-state index < -0.39 is 28.4 Å². The van der Waals surface area contributed by atoms with E-state index >= 15 is 0 Å². The van der Waals surface area contributed by atoms with Crippen molar-refractivity contribution in [3.63, 3.8) is 0 Å². The van der Waals surface area contributed by atoms with Gasteiger partial charge >= 0.3 is 10.3 Å². The molecular formula is C28H32N6O6S2. The number of fused-ring (bicyclic) bond motifs is 1. The number of ether oxygens (including phenoxy) is 1. The molecule has 1 aliphatic heterocycles. The lowest BCUT2D eigenvalue weighted by molar-refractivity contribution is 0.0704. The summed E-state index contributed by atoms with van der Waals surface area (Å²) < 4.78 is 33.2. The van der Waals surface area contributed by atoms with Gasteiger partial charge < -0.3 is 20.1 Å². The molecule has 5 rings (SSSR count). The van der Waals surface area contributed by atoms with E-state index in [0.29, 0.717) is 34.9 Å². The second-order valence-electron chi connectivity index (χ2n) is 10.8. The second-order valence-corrected chi connectivity index (χ2v) is 13.0. The van der Waals surface area contributed by atoms with E-state index in [1.807, 2.05) is 14.1 Å². The molecule has 2 aromatic heterocycles. The number of thiophene rings is 1. The van der Waals surface area contributed by atoms with Crippen LogP contribution in [0.3, 0.4) is 0 Å². The number of aliphatic hydroxyl groups is 1. The number of ketones is 1. The molecule has 0 amide bonds. The maximum absolute atomic E-state index is 13.8. The molecule has 1 unspecified atom stereocenters. The lowest BCUT2D eigenvalue weighted by atomic mass is 9.91. The summed E-state index contributed by atoms with van der Waals surface area (Å²) in [4.78, 5) is 28.3. The maximum atomic E-state index is 13.8. The van der Waals surface area contributed by atoms with Crippen LogP contribution in [0.15, 0.2) is 36.8 Å². The van der Waals surface area contributed by atoms with Crippen molar-refractivity contribution in [3.05, 3.63) is 80.9 Å². The Morgan fingerprint density at radius 2 is 2.12 bits per heavy atom. The number of carbonyl (C=O) groups excluding carboxylic acids is 1. The fraction of sp³-hybridized carbons (Fsp3) is 0.429. The van der Waals surface area contributed by atoms with E-state index in [2.05, 4.69) is 47.4 Å². The van der Waals surface area contributed by atoms with Crippen molar-refractivity contribution in [2.24, 2.45) is 11.1 Å². The maximum Gasteiger partial charge on any atom is 0.333 e. The molecule has 1 saturated carbocycles. The standard InChI is InChI=1S/C28H32N6O6S2/c1-30-28-21(26-20-8-16(13-34(2)3)4-5-17(20)6-7-39-26)11-24(41-28)25(36)22-12-31-15-32-27(22)33-19-9-18(23(35)10-19)14-40-42(29,37)38/h4-5,8,11-12,15,18-19,23,26,35H,6-7,9-10,13-14H2,2-3H3,(H2,29,37,38)(H,31,32,33)/t18-,19-,23+,26?/m1/s1. The molecule has 14 heteroatoms. The van der Waals surface area contributed by atoms with Crippen LogP contribution in [0.25, 0.3) is 4.85 Å². The highest BCUT2D eigenvalue weighted by Crippen LogP contribution is 2.43. The van der Waals surface area contributed by atoms with Gasteiger partial charge in [-0.15, -0.1) is 11.3 Å². The predicted molar refractivity (Wildman–Crippen MR) is 157 cm³/mol. The van der Waals surface area contributed by atoms with Gasteiger partial charge in [-0.25, -0.2) is 20.0 Å². The fourth-order valence-electron chi connectivity index (χ4n) is 5.51. The van der Waals surface area contributed by atoms with Crippen LogP contribution in [0.2, 0.25) is 0 Å². The summed E-state index contributed by atoms with van der Waals surface area (Å²) in [5, 5.41) is 18.9. The molecular weight excluding hydrogens is 580 g/mol. The van der Waals surface area contributed by atoms with Crippen molar-refractivity contribution >= 4 is 38.2 Å². The number of carbonyl (C=O) groups is 1. The van der Waals surface area contributed by atoms with Gasteiger partial charge in [-0.3, -0.25) is 8.98 Å². The van der Waals surface area contributed by atoms with Crippen LogP contribution < -0.4 is 10.5 Å². The van der Waals surface area contributed by atoms with Gasteiger partial charge in [0.1, 0.15) is 12.1 Å². The Labute approximate surface area is 248 Å². The number of rotatable bonds is 10. The Morgan fingerprint density at radius 3 is 2.86 bits per heavy atom. The lowest BCUT2D eigenvalue weighted by Gasteiger charge is -2.27. The minimum atomic E-state index is -4.12. The van der Waals surface area contributed by atoms with Gasteiger partial charge in [0.05, 0.1) is 42.4 Å². The first-order valence-electron chi connectivity index (χ1n) is 13.4. The van der Waals surface area contributed by atoms with Crippen LogP contribution in [0, 0.1) is 12.5 Å². The van der Waals surface area contributed by atoms with Crippen molar-refractivity contribution in [1.29, 1.82) is 0 Å². The third kappa shape index (κ3) is 6.84. The van der Waals surface area contributed by atoms with Crippen LogP contribution in [0.5, 0.6) is 0 Å². The van der Waals surface area contributed by atoms with E-state index in [-0.39, 0.29) is 29.8 Å². The first-order valence-corrected chi connectivity index (χ1v) is 15.7. The summed E-state index contributed by atoms with van der Waals surface area (Å²) in [6.45, 7) is 8.87. The average Bonchev–Trinajstić information content (AvgIpc) is 3.53. The highest BCUT2D eigenvalue weighted by Gasteiger charge is 2.35. The molecule has 0 bridgehead atoms. The number of nitrogens with zero attached hydrogens (tertiary/aromatic N) is 4. The smallest absolute Gasteiger partial charge is 0.333 e. The van der Waals surface area contributed by atoms with Crippen molar-refractivity contribution in [1.82, 2.24) is 14.9 Å². The highest BCUT2D eigenvalue weighted by molar-refractivity contribution is 7.84. The molecule has 3 heterocycles. The zero-order valence-corrected chi connectivity index (χ0v) is 24.8. The summed E-state index contributed by atoms with van der Waals surface area (Å²) in [6, 6.07) is 7.79. The van der Waals surface area contributed by atoms with Crippen LogP contribution in [0.4, 0.5) is 10.8 Å². The normalized spacial score (nSPS) is 22.1. The fourth-order valence-corrected chi connectivity index (χ4v) is 6.81. The minimum absolute atomic E-state index is 0.221. The van der Waals surface area contributed by atoms with Gasteiger partial charge in [0.15, 0.2) is 0 Å². The monoisotopic (exact) mass is 612 g/mol. The van der Waals surface area contributed by atoms with Crippen LogP contribution >= 0.6 is 11.3 Å². The Bertz CT molecular complexity index is 1620. The van der Waals surface area contributed by atoms with Crippen molar-refractivity contribution in [2.75, 3.05) is 32.6 Å². The number of benzene rings is 1.